The molecular formula is C18H17N5O4S2. The Kier molecular flexibility index (Phi) is 4.39. The fraction of sp³-hybridized carbons (Fsp3) is 0.333. The molecule has 3 saturated heterocycles. The van der Waals surface area contributed by atoms with Gasteiger partial charge in [0, 0.05) is 18.8 Å². The molecule has 3 heterocycles. The van der Waals surface area contributed by atoms with Crippen molar-refractivity contribution in [3.8, 4) is 0 Å². The zero-order chi connectivity index (χ0) is 21.0. The van der Waals surface area contributed by atoms with Crippen LogP contribution in [0.25, 0.3) is 0 Å². The Morgan fingerprint density at radius 1 is 0.759 bits per heavy atom. The topological polar surface area (TPSA) is 120 Å². The Hall–Kier alpha value is -2.92. The van der Waals surface area contributed by atoms with Gasteiger partial charge < -0.3 is 26.2 Å². The van der Waals surface area contributed by atoms with E-state index in [2.05, 4.69) is 21.3 Å². The first-order valence-electron chi connectivity index (χ1n) is 8.82. The van der Waals surface area contributed by atoms with Gasteiger partial charge >= 0.3 is 0 Å². The van der Waals surface area contributed by atoms with Crippen molar-refractivity contribution >= 4 is 64.0 Å². The summed E-state index contributed by atoms with van der Waals surface area (Å²) in [6.45, 7) is 1.90. The summed E-state index contributed by atoms with van der Waals surface area (Å²) in [4.78, 5) is 53.5. The molecular weight excluding hydrogens is 414 g/mol. The number of carbonyl (C=O) groups is 4. The second kappa shape index (κ2) is 6.56. The van der Waals surface area contributed by atoms with Crippen molar-refractivity contribution in [2.24, 2.45) is 10.8 Å². The fourth-order valence-electron chi connectivity index (χ4n) is 4.04. The van der Waals surface area contributed by atoms with Gasteiger partial charge in [0.1, 0.15) is 10.8 Å². The van der Waals surface area contributed by atoms with Crippen molar-refractivity contribution in [3.63, 3.8) is 0 Å². The lowest BCUT2D eigenvalue weighted by Crippen LogP contribution is -2.75. The highest BCUT2D eigenvalue weighted by molar-refractivity contribution is 7.80. The van der Waals surface area contributed by atoms with E-state index in [4.69, 9.17) is 24.4 Å². The molecule has 4 rings (SSSR count). The van der Waals surface area contributed by atoms with Crippen LogP contribution in [0.3, 0.4) is 0 Å². The third-order valence-electron chi connectivity index (χ3n) is 5.57. The van der Waals surface area contributed by atoms with Crippen LogP contribution in [0, 0.1) is 17.8 Å². The molecule has 29 heavy (non-hydrogen) atoms. The van der Waals surface area contributed by atoms with Crippen LogP contribution in [0.1, 0.15) is 12.0 Å². The smallest absolute Gasteiger partial charge is 0.243 e. The van der Waals surface area contributed by atoms with E-state index in [0.29, 0.717) is 5.69 Å². The van der Waals surface area contributed by atoms with Crippen LogP contribution >= 0.6 is 24.4 Å². The molecule has 0 aliphatic carbocycles. The molecule has 4 N–H and O–H groups in total. The largest absolute Gasteiger partial charge is 0.368 e. The summed E-state index contributed by atoms with van der Waals surface area (Å²) < 4.78 is 0. The van der Waals surface area contributed by atoms with Gasteiger partial charge in [-0.25, -0.2) is 0 Å². The molecule has 0 unspecified atom stereocenters. The van der Waals surface area contributed by atoms with Crippen molar-refractivity contribution in [1.82, 2.24) is 21.3 Å². The highest BCUT2D eigenvalue weighted by atomic mass is 32.1. The first-order valence-corrected chi connectivity index (χ1v) is 9.63. The predicted octanol–water partition coefficient (Wildman–Crippen LogP) is -0.760. The highest BCUT2D eigenvalue weighted by Gasteiger charge is 2.64. The SMILES string of the molecule is Cc1ccc(N2CC3(CC4(C2)C(=O)NC(=S)NC4=O)C(=O)NC(=S)NC3=O)cc1. The average molecular weight is 431 g/mol. The molecule has 3 aliphatic rings. The molecule has 1 aromatic rings. The standard InChI is InChI=1S/C18H17N5O4S2/c1-9-2-4-10(5-3-9)23-7-17(11(24)19-15(28)20-12(17)25)6-18(8-23)13(26)21-16(29)22-14(18)27/h2-5H,6-8H2,1H3,(H2,19,20,24,25,28)(H2,21,22,26,27,29). The molecule has 0 saturated carbocycles. The van der Waals surface area contributed by atoms with Gasteiger partial charge in [-0.3, -0.25) is 19.2 Å². The lowest BCUT2D eigenvalue weighted by molar-refractivity contribution is -0.154. The summed E-state index contributed by atoms with van der Waals surface area (Å²) in [5, 5.41) is 9.61. The molecule has 3 aliphatic heterocycles. The zero-order valence-electron chi connectivity index (χ0n) is 15.3. The molecule has 0 radical (unpaired) electrons. The number of aryl methyl sites for hydroxylation is 1. The molecule has 2 spiro atoms. The second-order valence-electron chi connectivity index (χ2n) is 7.51. The Bertz CT molecular complexity index is 894. The van der Waals surface area contributed by atoms with Crippen LogP contribution in [0.5, 0.6) is 0 Å². The molecule has 1 aromatic carbocycles. The lowest BCUT2D eigenvalue weighted by Gasteiger charge is -2.51. The maximum Gasteiger partial charge on any atom is 0.243 e. The molecule has 9 nitrogen and oxygen atoms in total. The third-order valence-corrected chi connectivity index (χ3v) is 5.98. The Morgan fingerprint density at radius 2 is 1.14 bits per heavy atom. The maximum absolute atomic E-state index is 13.0. The minimum Gasteiger partial charge on any atom is -0.368 e. The fourth-order valence-corrected chi connectivity index (χ4v) is 4.41. The van der Waals surface area contributed by atoms with Gasteiger partial charge in [0.05, 0.1) is 0 Å². The number of hydrogen-bond donors (Lipinski definition) is 4. The van der Waals surface area contributed by atoms with E-state index in [1.807, 2.05) is 31.2 Å². The van der Waals surface area contributed by atoms with Crippen LogP contribution < -0.4 is 26.2 Å². The van der Waals surface area contributed by atoms with Gasteiger partial charge in [0.25, 0.3) is 0 Å². The van der Waals surface area contributed by atoms with E-state index < -0.39 is 34.5 Å². The first-order chi connectivity index (χ1) is 13.7. The highest BCUT2D eigenvalue weighted by Crippen LogP contribution is 2.45. The predicted molar refractivity (Wildman–Crippen MR) is 111 cm³/mol. The molecule has 0 aromatic heterocycles. The van der Waals surface area contributed by atoms with Crippen LogP contribution in [0.2, 0.25) is 0 Å². The maximum atomic E-state index is 13.0. The first kappa shape index (κ1) is 19.4. The van der Waals surface area contributed by atoms with Crippen molar-refractivity contribution < 1.29 is 19.2 Å². The molecule has 3 fully saturated rings. The monoisotopic (exact) mass is 431 g/mol. The number of nitrogens with one attached hydrogen (secondary N) is 4. The Balaban J connectivity index is 1.84. The Morgan fingerprint density at radius 3 is 1.52 bits per heavy atom. The summed E-state index contributed by atoms with van der Waals surface area (Å²) in [6, 6.07) is 7.37. The second-order valence-corrected chi connectivity index (χ2v) is 8.32. The van der Waals surface area contributed by atoms with Crippen molar-refractivity contribution in [1.29, 1.82) is 0 Å². The normalized spacial score (nSPS) is 22.9. The summed E-state index contributed by atoms with van der Waals surface area (Å²) >= 11 is 9.81. The van der Waals surface area contributed by atoms with E-state index in [0.717, 1.165) is 5.56 Å². The number of carbonyl (C=O) groups excluding carboxylic acids is 4. The number of hydrogen-bond acceptors (Lipinski definition) is 7. The lowest BCUT2D eigenvalue weighted by atomic mass is 9.64. The van der Waals surface area contributed by atoms with E-state index in [1.165, 1.54) is 0 Å². The van der Waals surface area contributed by atoms with Gasteiger partial charge in [0.15, 0.2) is 10.2 Å². The summed E-state index contributed by atoms with van der Waals surface area (Å²) in [7, 11) is 0. The van der Waals surface area contributed by atoms with Crippen LogP contribution in [0.15, 0.2) is 24.3 Å². The number of rotatable bonds is 1. The minimum atomic E-state index is -1.68. The van der Waals surface area contributed by atoms with E-state index in [9.17, 15) is 19.2 Å². The van der Waals surface area contributed by atoms with Crippen LogP contribution in [-0.4, -0.2) is 46.9 Å². The van der Waals surface area contributed by atoms with Gasteiger partial charge in [-0.05, 0) is 49.9 Å². The number of benzene rings is 1. The van der Waals surface area contributed by atoms with Crippen molar-refractivity contribution in [3.05, 3.63) is 29.8 Å². The number of amides is 4. The molecule has 0 bridgehead atoms. The number of piperidine rings is 1. The molecule has 4 amide bonds. The van der Waals surface area contributed by atoms with Gasteiger partial charge in [-0.2, -0.15) is 0 Å². The zero-order valence-corrected chi connectivity index (χ0v) is 17.0. The molecule has 11 heteroatoms. The van der Waals surface area contributed by atoms with E-state index >= 15 is 0 Å². The summed E-state index contributed by atoms with van der Waals surface area (Å²) in [6.07, 6.45) is -0.303. The Labute approximate surface area is 176 Å². The third kappa shape index (κ3) is 2.97. The summed E-state index contributed by atoms with van der Waals surface area (Å²) in [5.74, 6) is -2.57. The van der Waals surface area contributed by atoms with E-state index in [-0.39, 0.29) is 29.7 Å². The molecule has 150 valence electrons. The quantitative estimate of drug-likeness (QED) is 0.341. The number of anilines is 1. The number of nitrogens with zero attached hydrogens (tertiary/aromatic N) is 1. The molecule has 0 atom stereocenters. The average Bonchev–Trinajstić information content (AvgIpc) is 2.65. The van der Waals surface area contributed by atoms with Crippen molar-refractivity contribution in [2.75, 3.05) is 18.0 Å². The number of thiocarbonyl (C=S) groups is 2. The van der Waals surface area contributed by atoms with Gasteiger partial charge in [0.2, 0.25) is 23.6 Å². The van der Waals surface area contributed by atoms with Crippen LogP contribution in [0.4, 0.5) is 5.69 Å². The van der Waals surface area contributed by atoms with Crippen molar-refractivity contribution in [2.45, 2.75) is 13.3 Å². The minimum absolute atomic E-state index is 0.0108. The van der Waals surface area contributed by atoms with Gasteiger partial charge in [-0.1, -0.05) is 17.7 Å². The van der Waals surface area contributed by atoms with Gasteiger partial charge in [-0.15, -0.1) is 0 Å². The van der Waals surface area contributed by atoms with E-state index in [1.54, 1.807) is 4.90 Å². The van der Waals surface area contributed by atoms with Crippen LogP contribution in [-0.2, 0) is 19.2 Å². The summed E-state index contributed by atoms with van der Waals surface area (Å²) in [5.41, 5.74) is -1.67.